The molecule has 0 aliphatic heterocycles. The lowest BCUT2D eigenvalue weighted by atomic mass is 10.2. The number of aromatic nitrogens is 1. The van der Waals surface area contributed by atoms with Gasteiger partial charge in [-0.2, -0.15) is 4.37 Å². The van der Waals surface area contributed by atoms with Gasteiger partial charge in [-0.1, -0.05) is 0 Å². The summed E-state index contributed by atoms with van der Waals surface area (Å²) in [5.41, 5.74) is 5.79. The molecule has 1 rings (SSSR count). The van der Waals surface area contributed by atoms with Crippen LogP contribution >= 0.6 is 11.5 Å². The normalized spacial score (nSPS) is 11.7. The molecule has 0 spiro atoms. The number of hydrogen-bond donors (Lipinski definition) is 3. The Balaban J connectivity index is 2.90. The number of nitrogens with two attached hydrogens (primary N) is 1. The molecule has 0 radical (unpaired) electrons. The molecule has 0 aromatic carbocycles. The van der Waals surface area contributed by atoms with Crippen molar-refractivity contribution < 1.29 is 14.3 Å². The summed E-state index contributed by atoms with van der Waals surface area (Å²) in [5.74, 6) is -0.641. The quantitative estimate of drug-likeness (QED) is 0.672. The SMILES string of the molecule is CCOC(=O)c1c(N)nsc1NC(C)C(=O)NC. The van der Waals surface area contributed by atoms with Gasteiger partial charge in [0.05, 0.1) is 6.61 Å². The number of carbonyl (C=O) groups is 2. The largest absolute Gasteiger partial charge is 0.462 e. The van der Waals surface area contributed by atoms with E-state index in [0.717, 1.165) is 11.5 Å². The van der Waals surface area contributed by atoms with Gasteiger partial charge in [0.25, 0.3) is 0 Å². The first-order valence-electron chi connectivity index (χ1n) is 5.41. The van der Waals surface area contributed by atoms with E-state index >= 15 is 0 Å². The van der Waals surface area contributed by atoms with Gasteiger partial charge >= 0.3 is 5.97 Å². The highest BCUT2D eigenvalue weighted by Crippen LogP contribution is 2.28. The number of carbonyl (C=O) groups excluding carboxylic acids is 2. The molecule has 1 atom stereocenters. The number of amides is 1. The lowest BCUT2D eigenvalue weighted by Crippen LogP contribution is -2.35. The fraction of sp³-hybridized carbons (Fsp3) is 0.500. The average Bonchev–Trinajstić information content (AvgIpc) is 2.69. The maximum absolute atomic E-state index is 11.7. The van der Waals surface area contributed by atoms with Crippen LogP contribution in [-0.2, 0) is 9.53 Å². The summed E-state index contributed by atoms with van der Waals surface area (Å²) in [6.45, 7) is 3.62. The number of nitrogens with one attached hydrogen (secondary N) is 2. The van der Waals surface area contributed by atoms with Crippen LogP contribution in [0.1, 0.15) is 24.2 Å². The van der Waals surface area contributed by atoms with Crippen molar-refractivity contribution in [3.05, 3.63) is 5.56 Å². The third-order valence-corrected chi connectivity index (χ3v) is 2.98. The van der Waals surface area contributed by atoms with Crippen molar-refractivity contribution in [1.82, 2.24) is 9.69 Å². The number of nitrogens with zero attached hydrogens (tertiary/aromatic N) is 1. The molecule has 0 saturated carbocycles. The maximum atomic E-state index is 11.7. The molecule has 1 unspecified atom stereocenters. The predicted octanol–water partition coefficient (Wildman–Crippen LogP) is 0.448. The Labute approximate surface area is 109 Å². The summed E-state index contributed by atoms with van der Waals surface area (Å²) in [5, 5.41) is 5.82. The third-order valence-electron chi connectivity index (χ3n) is 2.19. The molecule has 0 saturated heterocycles. The highest BCUT2D eigenvalue weighted by Gasteiger charge is 2.23. The second-order valence-corrected chi connectivity index (χ2v) is 4.25. The van der Waals surface area contributed by atoms with E-state index in [4.69, 9.17) is 10.5 Å². The molecule has 0 bridgehead atoms. The average molecular weight is 272 g/mol. The Morgan fingerprint density at radius 1 is 1.56 bits per heavy atom. The van der Waals surface area contributed by atoms with Crippen molar-refractivity contribution in [3.8, 4) is 0 Å². The number of likely N-dealkylation sites (N-methyl/N-ethyl adjacent to an activating group) is 1. The van der Waals surface area contributed by atoms with Crippen LogP contribution in [0.4, 0.5) is 10.8 Å². The van der Waals surface area contributed by atoms with Crippen LogP contribution in [0.2, 0.25) is 0 Å². The van der Waals surface area contributed by atoms with Crippen molar-refractivity contribution in [3.63, 3.8) is 0 Å². The topological polar surface area (TPSA) is 106 Å². The van der Waals surface area contributed by atoms with Gasteiger partial charge in [0.1, 0.15) is 16.6 Å². The number of anilines is 2. The van der Waals surface area contributed by atoms with Crippen LogP contribution in [0.5, 0.6) is 0 Å². The molecule has 0 aliphatic carbocycles. The van der Waals surface area contributed by atoms with Gasteiger partial charge in [0.2, 0.25) is 5.91 Å². The van der Waals surface area contributed by atoms with Crippen molar-refractivity contribution in [2.24, 2.45) is 0 Å². The minimum absolute atomic E-state index is 0.102. The van der Waals surface area contributed by atoms with Gasteiger partial charge in [0, 0.05) is 7.05 Å². The van der Waals surface area contributed by atoms with E-state index in [1.165, 1.54) is 7.05 Å². The van der Waals surface area contributed by atoms with Crippen LogP contribution < -0.4 is 16.4 Å². The molecule has 7 nitrogen and oxygen atoms in total. The van der Waals surface area contributed by atoms with Crippen molar-refractivity contribution in [2.45, 2.75) is 19.9 Å². The lowest BCUT2D eigenvalue weighted by molar-refractivity contribution is -0.121. The zero-order valence-electron chi connectivity index (χ0n) is 10.4. The second-order valence-electron chi connectivity index (χ2n) is 3.47. The van der Waals surface area contributed by atoms with E-state index in [0.29, 0.717) is 5.00 Å². The molecular formula is C10H16N4O3S. The van der Waals surface area contributed by atoms with Crippen LogP contribution in [0.3, 0.4) is 0 Å². The van der Waals surface area contributed by atoms with Crippen molar-refractivity contribution in [2.75, 3.05) is 24.7 Å². The van der Waals surface area contributed by atoms with Gasteiger partial charge in [-0.3, -0.25) is 4.79 Å². The Hall–Kier alpha value is -1.83. The summed E-state index contributed by atoms with van der Waals surface area (Å²) in [6.07, 6.45) is 0. The highest BCUT2D eigenvalue weighted by molar-refractivity contribution is 7.11. The third kappa shape index (κ3) is 3.10. The smallest absolute Gasteiger partial charge is 0.344 e. The number of ether oxygens (including phenoxy) is 1. The van der Waals surface area contributed by atoms with E-state index < -0.39 is 12.0 Å². The summed E-state index contributed by atoms with van der Waals surface area (Å²) < 4.78 is 8.77. The van der Waals surface area contributed by atoms with E-state index in [2.05, 4.69) is 15.0 Å². The summed E-state index contributed by atoms with van der Waals surface area (Å²) in [7, 11) is 1.54. The van der Waals surface area contributed by atoms with Crippen LogP contribution in [0, 0.1) is 0 Å². The molecule has 1 heterocycles. The number of hydrogen-bond acceptors (Lipinski definition) is 7. The summed E-state index contributed by atoms with van der Waals surface area (Å²) in [4.78, 5) is 23.1. The molecule has 1 aromatic heterocycles. The molecule has 18 heavy (non-hydrogen) atoms. The van der Waals surface area contributed by atoms with E-state index in [1.54, 1.807) is 13.8 Å². The van der Waals surface area contributed by atoms with Crippen LogP contribution in [-0.4, -0.2) is 35.9 Å². The Kier molecular flexibility index (Phi) is 4.90. The molecule has 0 aliphatic rings. The number of rotatable bonds is 5. The zero-order chi connectivity index (χ0) is 13.7. The second kappa shape index (κ2) is 6.20. The Morgan fingerprint density at radius 3 is 2.78 bits per heavy atom. The van der Waals surface area contributed by atoms with Gasteiger partial charge in [0.15, 0.2) is 5.82 Å². The monoisotopic (exact) mass is 272 g/mol. The van der Waals surface area contributed by atoms with Gasteiger partial charge < -0.3 is 21.1 Å². The predicted molar refractivity (Wildman–Crippen MR) is 69.6 cm³/mol. The fourth-order valence-electron chi connectivity index (χ4n) is 1.28. The Bertz CT molecular complexity index is 446. The molecule has 1 aromatic rings. The van der Waals surface area contributed by atoms with E-state index in [9.17, 15) is 9.59 Å². The minimum Gasteiger partial charge on any atom is -0.462 e. The molecule has 100 valence electrons. The first-order chi connectivity index (χ1) is 8.51. The van der Waals surface area contributed by atoms with Gasteiger partial charge in [-0.15, -0.1) is 0 Å². The van der Waals surface area contributed by atoms with Crippen molar-refractivity contribution in [1.29, 1.82) is 0 Å². The van der Waals surface area contributed by atoms with Crippen LogP contribution in [0.25, 0.3) is 0 Å². The highest BCUT2D eigenvalue weighted by atomic mass is 32.1. The zero-order valence-corrected chi connectivity index (χ0v) is 11.3. The molecule has 4 N–H and O–H groups in total. The molecule has 0 fully saturated rings. The molecular weight excluding hydrogens is 256 g/mol. The van der Waals surface area contributed by atoms with E-state index in [-0.39, 0.29) is 23.9 Å². The van der Waals surface area contributed by atoms with Gasteiger partial charge in [-0.25, -0.2) is 4.79 Å². The first kappa shape index (κ1) is 14.2. The summed E-state index contributed by atoms with van der Waals surface area (Å²) in [6, 6.07) is -0.497. The molecule has 8 heteroatoms. The molecule has 1 amide bonds. The van der Waals surface area contributed by atoms with Crippen LogP contribution in [0.15, 0.2) is 0 Å². The number of nitrogen functional groups attached to an aromatic ring is 1. The van der Waals surface area contributed by atoms with Crippen molar-refractivity contribution >= 4 is 34.2 Å². The maximum Gasteiger partial charge on any atom is 0.344 e. The Morgan fingerprint density at radius 2 is 2.22 bits per heavy atom. The number of esters is 1. The van der Waals surface area contributed by atoms with Gasteiger partial charge in [-0.05, 0) is 25.4 Å². The standard InChI is InChI=1S/C10H16N4O3S/c1-4-17-10(16)6-7(11)14-18-9(6)13-5(2)8(15)12-3/h5,13H,4H2,1-3H3,(H2,11,14)(H,12,15). The summed E-state index contributed by atoms with van der Waals surface area (Å²) >= 11 is 1.02. The fourth-order valence-corrected chi connectivity index (χ4v) is 2.07. The first-order valence-corrected chi connectivity index (χ1v) is 6.19. The minimum atomic E-state index is -0.546. The van der Waals surface area contributed by atoms with E-state index in [1.807, 2.05) is 0 Å². The lowest BCUT2D eigenvalue weighted by Gasteiger charge is -2.12.